The number of hydrogen-bond donors (Lipinski definition) is 1. The van der Waals surface area contributed by atoms with Crippen LogP contribution in [0.2, 0.25) is 0 Å². The molecule has 19 heavy (non-hydrogen) atoms. The van der Waals surface area contributed by atoms with E-state index in [1.54, 1.807) is 17.8 Å². The molecule has 2 aromatic rings. The molecule has 0 radical (unpaired) electrons. The number of aromatic nitrogens is 2. The van der Waals surface area contributed by atoms with Gasteiger partial charge in [0.2, 0.25) is 0 Å². The van der Waals surface area contributed by atoms with Crippen LogP contribution < -0.4 is 5.32 Å². The fourth-order valence-electron chi connectivity index (χ4n) is 2.09. The van der Waals surface area contributed by atoms with Crippen LogP contribution in [0.1, 0.15) is 24.2 Å². The van der Waals surface area contributed by atoms with Gasteiger partial charge in [0.25, 0.3) is 0 Å². The van der Waals surface area contributed by atoms with Crippen LogP contribution in [0.5, 0.6) is 0 Å². The minimum atomic E-state index is -0.513. The van der Waals surface area contributed by atoms with Gasteiger partial charge in [-0.1, -0.05) is 6.07 Å². The Balaban J connectivity index is 1.95. The van der Waals surface area contributed by atoms with Crippen molar-refractivity contribution in [3.05, 3.63) is 53.4 Å². The van der Waals surface area contributed by atoms with Crippen LogP contribution in [-0.2, 0) is 13.5 Å². The highest BCUT2D eigenvalue weighted by Gasteiger charge is 2.15. The van der Waals surface area contributed by atoms with Crippen LogP contribution in [0.3, 0.4) is 0 Å². The highest BCUT2D eigenvalue weighted by molar-refractivity contribution is 5.22. The second-order valence-corrected chi connectivity index (χ2v) is 4.51. The van der Waals surface area contributed by atoms with Crippen molar-refractivity contribution >= 4 is 0 Å². The molecule has 0 aliphatic heterocycles. The standard InChI is InChI=1S/C14H17F2N3/c1-10(14-12(15)4-3-5-13(14)16)17-8-6-11-7-9-18-19(11)2/h3-5,7,9-10,17H,6,8H2,1-2H3. The number of rotatable bonds is 5. The number of nitrogens with zero attached hydrogens (tertiary/aromatic N) is 2. The molecule has 2 rings (SSSR count). The zero-order valence-corrected chi connectivity index (χ0v) is 11.0. The van der Waals surface area contributed by atoms with E-state index in [4.69, 9.17) is 0 Å². The van der Waals surface area contributed by atoms with Gasteiger partial charge >= 0.3 is 0 Å². The number of benzene rings is 1. The van der Waals surface area contributed by atoms with Crippen LogP contribution in [0, 0.1) is 11.6 Å². The highest BCUT2D eigenvalue weighted by atomic mass is 19.1. The minimum absolute atomic E-state index is 0.0903. The van der Waals surface area contributed by atoms with E-state index in [-0.39, 0.29) is 11.6 Å². The molecule has 0 bridgehead atoms. The zero-order chi connectivity index (χ0) is 13.8. The lowest BCUT2D eigenvalue weighted by Gasteiger charge is -2.15. The molecule has 1 N–H and O–H groups in total. The monoisotopic (exact) mass is 265 g/mol. The maximum absolute atomic E-state index is 13.6. The molecule has 0 amide bonds. The number of nitrogens with one attached hydrogen (secondary N) is 1. The Morgan fingerprint density at radius 3 is 2.53 bits per heavy atom. The fraction of sp³-hybridized carbons (Fsp3) is 0.357. The van der Waals surface area contributed by atoms with Gasteiger partial charge in [-0.3, -0.25) is 4.68 Å². The summed E-state index contributed by atoms with van der Waals surface area (Å²) < 4.78 is 28.9. The van der Waals surface area contributed by atoms with Crippen LogP contribution in [0.15, 0.2) is 30.5 Å². The first-order valence-corrected chi connectivity index (χ1v) is 6.23. The molecule has 0 saturated carbocycles. The van der Waals surface area contributed by atoms with E-state index in [1.165, 1.54) is 18.2 Å². The second-order valence-electron chi connectivity index (χ2n) is 4.51. The lowest BCUT2D eigenvalue weighted by atomic mass is 10.1. The molecule has 0 spiro atoms. The minimum Gasteiger partial charge on any atom is -0.310 e. The summed E-state index contributed by atoms with van der Waals surface area (Å²) in [6.45, 7) is 2.39. The van der Waals surface area contributed by atoms with Crippen molar-refractivity contribution in [1.29, 1.82) is 0 Å². The van der Waals surface area contributed by atoms with E-state index in [2.05, 4.69) is 10.4 Å². The van der Waals surface area contributed by atoms with Crippen molar-refractivity contribution in [2.45, 2.75) is 19.4 Å². The summed E-state index contributed by atoms with van der Waals surface area (Å²) in [6.07, 6.45) is 2.49. The van der Waals surface area contributed by atoms with Gasteiger partial charge in [0, 0.05) is 43.5 Å². The molecule has 1 heterocycles. The molecule has 5 heteroatoms. The Labute approximate surface area is 111 Å². The smallest absolute Gasteiger partial charge is 0.130 e. The van der Waals surface area contributed by atoms with Gasteiger partial charge < -0.3 is 5.32 Å². The molecule has 1 unspecified atom stereocenters. The molecule has 0 aliphatic rings. The second kappa shape index (κ2) is 5.93. The van der Waals surface area contributed by atoms with Gasteiger partial charge in [-0.15, -0.1) is 0 Å². The predicted molar refractivity (Wildman–Crippen MR) is 69.7 cm³/mol. The van der Waals surface area contributed by atoms with Crippen molar-refractivity contribution < 1.29 is 8.78 Å². The quantitative estimate of drug-likeness (QED) is 0.900. The van der Waals surface area contributed by atoms with E-state index in [0.29, 0.717) is 6.54 Å². The van der Waals surface area contributed by atoms with Crippen molar-refractivity contribution in [1.82, 2.24) is 15.1 Å². The van der Waals surface area contributed by atoms with E-state index in [0.717, 1.165) is 12.1 Å². The van der Waals surface area contributed by atoms with Gasteiger partial charge in [0.1, 0.15) is 11.6 Å². The normalized spacial score (nSPS) is 12.6. The largest absolute Gasteiger partial charge is 0.310 e. The Kier molecular flexibility index (Phi) is 4.27. The Hall–Kier alpha value is -1.75. The Morgan fingerprint density at radius 2 is 1.95 bits per heavy atom. The Bertz CT molecular complexity index is 531. The molecular formula is C14H17F2N3. The SMILES string of the molecule is CC(NCCc1ccnn1C)c1c(F)cccc1F. The van der Waals surface area contributed by atoms with Gasteiger partial charge in [0.05, 0.1) is 0 Å². The maximum Gasteiger partial charge on any atom is 0.130 e. The van der Waals surface area contributed by atoms with E-state index in [1.807, 2.05) is 13.1 Å². The van der Waals surface area contributed by atoms with Crippen LogP contribution in [0.4, 0.5) is 8.78 Å². The highest BCUT2D eigenvalue weighted by Crippen LogP contribution is 2.20. The first-order chi connectivity index (χ1) is 9.09. The average molecular weight is 265 g/mol. The van der Waals surface area contributed by atoms with Gasteiger partial charge in [-0.05, 0) is 25.1 Å². The predicted octanol–water partition coefficient (Wildman–Crippen LogP) is 2.59. The molecule has 102 valence electrons. The van der Waals surface area contributed by atoms with E-state index in [9.17, 15) is 8.78 Å². The molecule has 1 aromatic carbocycles. The molecule has 1 aromatic heterocycles. The topological polar surface area (TPSA) is 29.9 Å². The van der Waals surface area contributed by atoms with Gasteiger partial charge in [-0.2, -0.15) is 5.10 Å². The number of hydrogen-bond acceptors (Lipinski definition) is 2. The third-order valence-electron chi connectivity index (χ3n) is 3.19. The molecular weight excluding hydrogens is 248 g/mol. The first-order valence-electron chi connectivity index (χ1n) is 6.23. The number of aryl methyl sites for hydroxylation is 1. The van der Waals surface area contributed by atoms with E-state index < -0.39 is 11.6 Å². The lowest BCUT2D eigenvalue weighted by Crippen LogP contribution is -2.23. The van der Waals surface area contributed by atoms with Crippen molar-refractivity contribution in [3.8, 4) is 0 Å². The molecule has 3 nitrogen and oxygen atoms in total. The fourth-order valence-corrected chi connectivity index (χ4v) is 2.09. The third kappa shape index (κ3) is 3.17. The van der Waals surface area contributed by atoms with Crippen molar-refractivity contribution in [2.24, 2.45) is 7.05 Å². The summed E-state index contributed by atoms with van der Waals surface area (Å²) in [7, 11) is 1.87. The summed E-state index contributed by atoms with van der Waals surface area (Å²) in [6, 6.07) is 5.48. The van der Waals surface area contributed by atoms with Crippen LogP contribution >= 0.6 is 0 Å². The summed E-state index contributed by atoms with van der Waals surface area (Å²) in [4.78, 5) is 0. The molecule has 0 saturated heterocycles. The summed E-state index contributed by atoms with van der Waals surface area (Å²) in [5, 5.41) is 7.19. The van der Waals surface area contributed by atoms with Gasteiger partial charge in [-0.25, -0.2) is 8.78 Å². The Morgan fingerprint density at radius 1 is 1.26 bits per heavy atom. The summed E-state index contributed by atoms with van der Waals surface area (Å²) in [5.74, 6) is -1.03. The summed E-state index contributed by atoms with van der Waals surface area (Å²) >= 11 is 0. The summed E-state index contributed by atoms with van der Waals surface area (Å²) in [5.41, 5.74) is 1.17. The molecule has 1 atom stereocenters. The number of halogens is 2. The van der Waals surface area contributed by atoms with Crippen molar-refractivity contribution in [2.75, 3.05) is 6.54 Å². The molecule has 0 fully saturated rings. The third-order valence-corrected chi connectivity index (χ3v) is 3.19. The van der Waals surface area contributed by atoms with Gasteiger partial charge in [0.15, 0.2) is 0 Å². The van der Waals surface area contributed by atoms with Crippen LogP contribution in [0.25, 0.3) is 0 Å². The first kappa shape index (κ1) is 13.7. The van der Waals surface area contributed by atoms with E-state index >= 15 is 0 Å². The average Bonchev–Trinajstić information content (AvgIpc) is 2.75. The lowest BCUT2D eigenvalue weighted by molar-refractivity contribution is 0.487. The van der Waals surface area contributed by atoms with Crippen LogP contribution in [-0.4, -0.2) is 16.3 Å². The zero-order valence-electron chi connectivity index (χ0n) is 11.0. The maximum atomic E-state index is 13.6. The van der Waals surface area contributed by atoms with Crippen molar-refractivity contribution in [3.63, 3.8) is 0 Å². The molecule has 0 aliphatic carbocycles.